The molecule has 0 spiro atoms. The molecule has 0 saturated carbocycles. The number of unbranched alkanes of at least 4 members (excludes halogenated alkanes) is 1. The molecule has 0 saturated heterocycles. The van der Waals surface area contributed by atoms with E-state index in [1.54, 1.807) is 0 Å². The van der Waals surface area contributed by atoms with Crippen molar-refractivity contribution in [3.63, 3.8) is 0 Å². The predicted octanol–water partition coefficient (Wildman–Crippen LogP) is 5.20. The lowest BCUT2D eigenvalue weighted by Gasteiger charge is -2.21. The quantitative estimate of drug-likeness (QED) is 0.370. The smallest absolute Gasteiger partial charge is 0.111 e. The third kappa shape index (κ3) is 9.42. The van der Waals surface area contributed by atoms with Gasteiger partial charge in [0.2, 0.25) is 0 Å². The van der Waals surface area contributed by atoms with Gasteiger partial charge in [-0.1, -0.05) is 63.6 Å². The van der Waals surface area contributed by atoms with Gasteiger partial charge in [0.05, 0.1) is 0 Å². The lowest BCUT2D eigenvalue weighted by molar-refractivity contribution is 0.270. The van der Waals surface area contributed by atoms with Gasteiger partial charge in [0, 0.05) is 0 Å². The summed E-state index contributed by atoms with van der Waals surface area (Å²) in [5.74, 6) is 0.664. The molecule has 20 heavy (non-hydrogen) atoms. The molecular weight excluding hydrogens is 241 g/mol. The van der Waals surface area contributed by atoms with Gasteiger partial charge in [-0.25, -0.2) is 0 Å². The molecule has 0 heterocycles. The molecule has 0 aliphatic carbocycles. The van der Waals surface area contributed by atoms with Crippen molar-refractivity contribution in [1.82, 2.24) is 4.90 Å². The van der Waals surface area contributed by atoms with E-state index < -0.39 is 0 Å². The van der Waals surface area contributed by atoms with Crippen LogP contribution in [0.4, 0.5) is 0 Å². The maximum Gasteiger partial charge on any atom is 0.111 e. The molecule has 0 bridgehead atoms. The highest BCUT2D eigenvalue weighted by atomic mass is 15.1. The summed E-state index contributed by atoms with van der Waals surface area (Å²) in [4.78, 5) is 2.58. The third-order valence-corrected chi connectivity index (χ3v) is 3.87. The number of allylic oxidation sites excluding steroid dienone is 4. The second kappa shape index (κ2) is 12.3. The van der Waals surface area contributed by atoms with Crippen LogP contribution in [0.3, 0.4) is 0 Å². The highest BCUT2D eigenvalue weighted by molar-refractivity contribution is 6.34. The van der Waals surface area contributed by atoms with Crippen LogP contribution in [0.5, 0.6) is 0 Å². The molecule has 0 aliphatic rings. The van der Waals surface area contributed by atoms with Gasteiger partial charge in [-0.05, 0) is 52.2 Å². The summed E-state index contributed by atoms with van der Waals surface area (Å²) in [6.07, 6.45) is 9.70. The van der Waals surface area contributed by atoms with E-state index in [1.165, 1.54) is 50.0 Å². The highest BCUT2D eigenvalue weighted by Gasteiger charge is 2.04. The van der Waals surface area contributed by atoms with Crippen molar-refractivity contribution in [2.45, 2.75) is 67.0 Å². The summed E-state index contributed by atoms with van der Waals surface area (Å²) < 4.78 is 0. The first-order chi connectivity index (χ1) is 9.54. The van der Waals surface area contributed by atoms with Crippen LogP contribution in [0.15, 0.2) is 23.3 Å². The van der Waals surface area contributed by atoms with Gasteiger partial charge in [0.15, 0.2) is 0 Å². The van der Waals surface area contributed by atoms with Crippen LogP contribution in [0.25, 0.3) is 0 Å². The van der Waals surface area contributed by atoms with Crippen molar-refractivity contribution in [1.29, 1.82) is 0 Å². The van der Waals surface area contributed by atoms with Crippen LogP contribution >= 0.6 is 0 Å². The Morgan fingerprint density at radius 1 is 1.20 bits per heavy atom. The normalized spacial score (nSPS) is 12.9. The van der Waals surface area contributed by atoms with E-state index in [0.717, 1.165) is 6.32 Å². The highest BCUT2D eigenvalue weighted by Crippen LogP contribution is 2.14. The lowest BCUT2D eigenvalue weighted by atomic mass is 9.73. The van der Waals surface area contributed by atoms with Crippen molar-refractivity contribution >= 4 is 7.28 Å². The summed E-state index contributed by atoms with van der Waals surface area (Å²) in [7, 11) is 2.24. The minimum atomic E-state index is 0.664. The topological polar surface area (TPSA) is 3.24 Å². The van der Waals surface area contributed by atoms with E-state index in [0.29, 0.717) is 5.92 Å². The molecule has 1 unspecified atom stereocenters. The Balaban J connectivity index is 4.20. The van der Waals surface area contributed by atoms with Crippen LogP contribution in [0.2, 0.25) is 13.1 Å². The fourth-order valence-corrected chi connectivity index (χ4v) is 2.23. The van der Waals surface area contributed by atoms with E-state index in [1.807, 2.05) is 0 Å². The van der Waals surface area contributed by atoms with Crippen molar-refractivity contribution in [2.24, 2.45) is 5.92 Å². The average molecular weight is 276 g/mol. The van der Waals surface area contributed by atoms with E-state index in [4.69, 9.17) is 0 Å². The summed E-state index contributed by atoms with van der Waals surface area (Å²) in [6.45, 7) is 17.1. The van der Waals surface area contributed by atoms with Gasteiger partial charge < -0.3 is 4.90 Å². The largest absolute Gasteiger partial charge is 0.304 e. The summed E-state index contributed by atoms with van der Waals surface area (Å²) in [6, 6.07) is 0. The maximum atomic E-state index is 2.58. The summed E-state index contributed by atoms with van der Waals surface area (Å²) in [5.41, 5.74) is 2.90. The zero-order valence-electron chi connectivity index (χ0n) is 14.7. The van der Waals surface area contributed by atoms with Crippen molar-refractivity contribution in [3.05, 3.63) is 23.3 Å². The number of nitrogens with zero attached hydrogens (tertiary/aromatic N) is 1. The third-order valence-electron chi connectivity index (χ3n) is 3.87. The van der Waals surface area contributed by atoms with E-state index in [-0.39, 0.29) is 0 Å². The Hall–Kier alpha value is -0.495. The van der Waals surface area contributed by atoms with Gasteiger partial charge in [-0.3, -0.25) is 0 Å². The Kier molecular flexibility index (Phi) is 12.0. The number of hydrogen-bond acceptors (Lipinski definition) is 1. The second-order valence-corrected chi connectivity index (χ2v) is 6.05. The molecule has 0 aromatic heterocycles. The fourth-order valence-electron chi connectivity index (χ4n) is 2.23. The summed E-state index contributed by atoms with van der Waals surface area (Å²) >= 11 is 0. The molecule has 0 N–H and O–H groups in total. The lowest BCUT2D eigenvalue weighted by Crippen LogP contribution is -2.26. The molecule has 1 nitrogen and oxygen atoms in total. The van der Waals surface area contributed by atoms with Crippen LogP contribution in [-0.2, 0) is 0 Å². The summed E-state index contributed by atoms with van der Waals surface area (Å²) in [5, 5.41) is 0. The molecule has 0 aliphatic heterocycles. The van der Waals surface area contributed by atoms with Crippen molar-refractivity contribution in [2.75, 3.05) is 19.6 Å². The predicted molar refractivity (Wildman–Crippen MR) is 94.7 cm³/mol. The Morgan fingerprint density at radius 2 is 1.90 bits per heavy atom. The number of hydrogen-bond donors (Lipinski definition) is 0. The van der Waals surface area contributed by atoms with E-state index in [2.05, 4.69) is 65.8 Å². The minimum Gasteiger partial charge on any atom is -0.304 e. The van der Waals surface area contributed by atoms with E-state index >= 15 is 0 Å². The molecule has 1 atom stereocenters. The molecule has 0 rings (SSSR count). The van der Waals surface area contributed by atoms with Gasteiger partial charge in [0.25, 0.3) is 0 Å². The average Bonchev–Trinajstić information content (AvgIpc) is 2.43. The van der Waals surface area contributed by atoms with Crippen LogP contribution in [0, 0.1) is 5.92 Å². The van der Waals surface area contributed by atoms with Crippen molar-refractivity contribution < 1.29 is 0 Å². The van der Waals surface area contributed by atoms with Crippen molar-refractivity contribution in [3.8, 4) is 0 Å². The van der Waals surface area contributed by atoms with Gasteiger partial charge in [-0.2, -0.15) is 0 Å². The monoisotopic (exact) mass is 276 g/mol. The molecule has 0 amide bonds. The Morgan fingerprint density at radius 3 is 2.40 bits per heavy atom. The van der Waals surface area contributed by atoms with Gasteiger partial charge in [-0.15, -0.1) is 0 Å². The molecule has 115 valence electrons. The number of rotatable bonds is 11. The van der Waals surface area contributed by atoms with Crippen LogP contribution in [0.1, 0.15) is 53.9 Å². The zero-order chi connectivity index (χ0) is 15.4. The molecule has 2 heteroatoms. The molecule has 1 radical (unpaired) electrons. The molecular formula is C18H35BN. The second-order valence-electron chi connectivity index (χ2n) is 6.05. The van der Waals surface area contributed by atoms with Gasteiger partial charge >= 0.3 is 0 Å². The standard InChI is InChI=1S/C18H35BN/c1-7-9-13-20(8-2)14-12-17(5)10-11-18(15-19-6)16(3)4/h10-11,17H,7-9,12-15H2,1-6H3/b11-10-. The Bertz CT molecular complexity index is 290. The van der Waals surface area contributed by atoms with E-state index in [9.17, 15) is 0 Å². The van der Waals surface area contributed by atoms with Gasteiger partial charge in [0.1, 0.15) is 7.28 Å². The molecule has 0 aromatic carbocycles. The maximum absolute atomic E-state index is 2.58. The molecule has 0 fully saturated rings. The first-order valence-corrected chi connectivity index (χ1v) is 8.39. The fraction of sp³-hybridized carbons (Fsp3) is 0.778. The van der Waals surface area contributed by atoms with Crippen LogP contribution < -0.4 is 0 Å². The SMILES string of the molecule is C[B]CC(/C=C\C(C)CCN(CC)CCCC)=C(C)C. The van der Waals surface area contributed by atoms with Crippen LogP contribution in [-0.4, -0.2) is 31.8 Å². The minimum absolute atomic E-state index is 0.664. The molecule has 0 aromatic rings. The zero-order valence-corrected chi connectivity index (χ0v) is 14.7. The Labute approximate surface area is 128 Å². The first kappa shape index (κ1) is 19.5. The first-order valence-electron chi connectivity index (χ1n) is 8.39.